The number of hydrogen-bond donors (Lipinski definition) is 0. The highest BCUT2D eigenvalue weighted by Gasteiger charge is 2.31. The predicted octanol–water partition coefficient (Wildman–Crippen LogP) is 3.59. The van der Waals surface area contributed by atoms with E-state index in [1.165, 1.54) is 47.9 Å². The molecule has 0 aliphatic heterocycles. The number of rotatable bonds is 5. The highest BCUT2D eigenvalue weighted by molar-refractivity contribution is 7.91. The maximum absolute atomic E-state index is 13.1. The van der Waals surface area contributed by atoms with Crippen molar-refractivity contribution < 1.29 is 21.6 Å². The topological polar surface area (TPSA) is 108 Å². The molecule has 0 atom stereocenters. The summed E-state index contributed by atoms with van der Waals surface area (Å²) in [5.41, 5.74) is -0.632. The number of hydrogen-bond acceptors (Lipinski definition) is 7. The lowest BCUT2D eigenvalue weighted by molar-refractivity contribution is -0.137. The first kappa shape index (κ1) is 22.9. The van der Waals surface area contributed by atoms with Crippen LogP contribution >= 0.6 is 11.6 Å². The molecule has 0 bridgehead atoms. The van der Waals surface area contributed by atoms with Crippen molar-refractivity contribution in [3.8, 4) is 28.7 Å². The van der Waals surface area contributed by atoms with Gasteiger partial charge in [0.25, 0.3) is 0 Å². The molecule has 0 N–H and O–H groups in total. The molecule has 4 heterocycles. The molecule has 0 aliphatic rings. The summed E-state index contributed by atoms with van der Waals surface area (Å²) in [5, 5.41) is 12.3. The van der Waals surface area contributed by atoms with Crippen LogP contribution in [0.1, 0.15) is 12.5 Å². The zero-order chi connectivity index (χ0) is 24.0. The van der Waals surface area contributed by atoms with Crippen molar-refractivity contribution in [3.05, 3.63) is 53.6 Å². The molecule has 14 heteroatoms. The molecule has 0 unspecified atom stereocenters. The van der Waals surface area contributed by atoms with Gasteiger partial charge in [-0.05, 0) is 18.2 Å². The number of halogens is 4. The molecule has 0 aromatic carbocycles. The fourth-order valence-corrected chi connectivity index (χ4v) is 4.24. The third kappa shape index (κ3) is 4.33. The van der Waals surface area contributed by atoms with Crippen molar-refractivity contribution in [2.24, 2.45) is 7.05 Å². The zero-order valence-corrected chi connectivity index (χ0v) is 18.7. The first-order valence-electron chi connectivity index (χ1n) is 9.38. The Morgan fingerprint density at radius 1 is 1.09 bits per heavy atom. The van der Waals surface area contributed by atoms with Gasteiger partial charge in [-0.1, -0.05) is 18.5 Å². The Kier molecular flexibility index (Phi) is 5.70. The summed E-state index contributed by atoms with van der Waals surface area (Å²) in [6.07, 6.45) is 0.709. The third-order valence-electron chi connectivity index (χ3n) is 4.77. The summed E-state index contributed by atoms with van der Waals surface area (Å²) in [6.45, 7) is 1.48. The Morgan fingerprint density at radius 2 is 1.82 bits per heavy atom. The minimum atomic E-state index is -4.56. The number of alkyl halides is 3. The van der Waals surface area contributed by atoms with E-state index in [-0.39, 0.29) is 33.7 Å². The van der Waals surface area contributed by atoms with E-state index in [1.54, 1.807) is 0 Å². The van der Waals surface area contributed by atoms with E-state index in [0.717, 1.165) is 18.3 Å². The van der Waals surface area contributed by atoms with Gasteiger partial charge in [0.05, 0.1) is 39.3 Å². The Balaban J connectivity index is 1.86. The number of aromatic nitrogens is 7. The van der Waals surface area contributed by atoms with Crippen LogP contribution in [0.15, 0.2) is 47.9 Å². The van der Waals surface area contributed by atoms with E-state index < -0.39 is 21.6 Å². The van der Waals surface area contributed by atoms with E-state index in [2.05, 4.69) is 25.3 Å². The summed E-state index contributed by atoms with van der Waals surface area (Å²) in [4.78, 5) is 8.08. The summed E-state index contributed by atoms with van der Waals surface area (Å²) in [7, 11) is -2.30. The SMILES string of the molecule is CCS(=O)(=O)c1cc(-n2cc(Cl)cn2)cnc1-c1nnc(-c2cc(C(F)(F)F)ccn2)n1C. The van der Waals surface area contributed by atoms with Gasteiger partial charge in [0.1, 0.15) is 11.4 Å². The van der Waals surface area contributed by atoms with Crippen molar-refractivity contribution in [2.75, 3.05) is 5.75 Å². The predicted molar refractivity (Wildman–Crippen MR) is 112 cm³/mol. The van der Waals surface area contributed by atoms with Gasteiger partial charge in [-0.3, -0.25) is 4.98 Å². The molecule has 0 saturated heterocycles. The maximum Gasteiger partial charge on any atom is 0.416 e. The van der Waals surface area contributed by atoms with Gasteiger partial charge in [0.2, 0.25) is 0 Å². The standard InChI is InChI=1S/C19H15ClF3N7O2S/c1-3-33(31,32)15-7-13(30-10-12(20)8-26-30)9-25-16(15)18-28-27-17(29(18)2)14-6-11(4-5-24-14)19(21,22)23/h4-10H,3H2,1-2H3. The number of nitrogens with zero attached hydrogens (tertiary/aromatic N) is 7. The smallest absolute Gasteiger partial charge is 0.307 e. The molecule has 4 rings (SSSR count). The van der Waals surface area contributed by atoms with Crippen molar-refractivity contribution in [2.45, 2.75) is 18.0 Å². The lowest BCUT2D eigenvalue weighted by Gasteiger charge is -2.11. The van der Waals surface area contributed by atoms with Crippen molar-refractivity contribution in [3.63, 3.8) is 0 Å². The molecule has 0 amide bonds. The van der Waals surface area contributed by atoms with Gasteiger partial charge < -0.3 is 4.57 Å². The molecule has 0 spiro atoms. The lowest BCUT2D eigenvalue weighted by Crippen LogP contribution is -2.11. The molecular formula is C19H15ClF3N7O2S. The van der Waals surface area contributed by atoms with Crippen LogP contribution in [0, 0.1) is 0 Å². The summed E-state index contributed by atoms with van der Waals surface area (Å²) < 4.78 is 67.7. The van der Waals surface area contributed by atoms with Gasteiger partial charge >= 0.3 is 6.18 Å². The molecular weight excluding hydrogens is 483 g/mol. The monoisotopic (exact) mass is 497 g/mol. The highest BCUT2D eigenvalue weighted by atomic mass is 35.5. The normalized spacial score (nSPS) is 12.3. The van der Waals surface area contributed by atoms with Crippen LogP contribution < -0.4 is 0 Å². The summed E-state index contributed by atoms with van der Waals surface area (Å²) >= 11 is 5.90. The number of sulfone groups is 1. The average Bonchev–Trinajstić information content (AvgIpc) is 3.38. The molecule has 0 radical (unpaired) electrons. The number of pyridine rings is 2. The van der Waals surface area contributed by atoms with Gasteiger partial charge in [-0.25, -0.2) is 18.1 Å². The largest absolute Gasteiger partial charge is 0.416 e. The fourth-order valence-electron chi connectivity index (χ4n) is 3.05. The van der Waals surface area contributed by atoms with Crippen LogP contribution in [0.5, 0.6) is 0 Å². The van der Waals surface area contributed by atoms with Crippen molar-refractivity contribution in [1.82, 2.24) is 34.5 Å². The van der Waals surface area contributed by atoms with E-state index in [9.17, 15) is 21.6 Å². The minimum absolute atomic E-state index is 0.00733. The second-order valence-electron chi connectivity index (χ2n) is 6.88. The lowest BCUT2D eigenvalue weighted by atomic mass is 10.2. The molecule has 0 aliphatic carbocycles. The summed E-state index contributed by atoms with van der Waals surface area (Å²) in [6, 6.07) is 3.06. The average molecular weight is 498 g/mol. The van der Waals surface area contributed by atoms with E-state index >= 15 is 0 Å². The molecule has 172 valence electrons. The van der Waals surface area contributed by atoms with Crippen LogP contribution in [-0.2, 0) is 23.1 Å². The van der Waals surface area contributed by atoms with E-state index in [0.29, 0.717) is 10.7 Å². The fraction of sp³-hybridized carbons (Fsp3) is 0.211. The third-order valence-corrected chi connectivity index (χ3v) is 6.71. The highest BCUT2D eigenvalue weighted by Crippen LogP contribution is 2.32. The van der Waals surface area contributed by atoms with E-state index in [1.807, 2.05) is 0 Å². The van der Waals surface area contributed by atoms with Crippen LogP contribution in [-0.4, -0.2) is 48.7 Å². The minimum Gasteiger partial charge on any atom is -0.307 e. The van der Waals surface area contributed by atoms with Crippen LogP contribution in [0.4, 0.5) is 13.2 Å². The molecule has 9 nitrogen and oxygen atoms in total. The molecule has 33 heavy (non-hydrogen) atoms. The Bertz CT molecular complexity index is 1450. The summed E-state index contributed by atoms with van der Waals surface area (Å²) in [5.74, 6) is -0.160. The second kappa shape index (κ2) is 8.23. The van der Waals surface area contributed by atoms with Crippen LogP contribution in [0.25, 0.3) is 28.7 Å². The van der Waals surface area contributed by atoms with E-state index in [4.69, 9.17) is 11.6 Å². The van der Waals surface area contributed by atoms with Gasteiger partial charge in [0, 0.05) is 19.4 Å². The molecule has 0 saturated carbocycles. The van der Waals surface area contributed by atoms with Gasteiger partial charge in [-0.15, -0.1) is 10.2 Å². The first-order chi connectivity index (χ1) is 15.5. The first-order valence-corrected chi connectivity index (χ1v) is 11.4. The van der Waals surface area contributed by atoms with Crippen LogP contribution in [0.3, 0.4) is 0 Å². The molecule has 0 fully saturated rings. The van der Waals surface area contributed by atoms with Crippen molar-refractivity contribution in [1.29, 1.82) is 0 Å². The van der Waals surface area contributed by atoms with Gasteiger partial charge in [-0.2, -0.15) is 18.3 Å². The molecule has 4 aromatic heterocycles. The Morgan fingerprint density at radius 3 is 2.45 bits per heavy atom. The zero-order valence-electron chi connectivity index (χ0n) is 17.1. The van der Waals surface area contributed by atoms with Crippen molar-refractivity contribution >= 4 is 21.4 Å². The second-order valence-corrected chi connectivity index (χ2v) is 9.56. The maximum atomic E-state index is 13.1. The quantitative estimate of drug-likeness (QED) is 0.414. The Hall–Kier alpha value is -3.32. The van der Waals surface area contributed by atoms with Crippen LogP contribution in [0.2, 0.25) is 5.02 Å². The molecule has 4 aromatic rings. The van der Waals surface area contributed by atoms with Gasteiger partial charge in [0.15, 0.2) is 21.5 Å². The Labute approximate surface area is 190 Å².